The summed E-state index contributed by atoms with van der Waals surface area (Å²) in [6, 6.07) is 3.97. The molecule has 5 rings (SSSR count). The number of esters is 2. The minimum Gasteiger partial charge on any atom is -0.491 e. The third kappa shape index (κ3) is 7.15. The fourth-order valence-corrected chi connectivity index (χ4v) is 11.9. The summed E-state index contributed by atoms with van der Waals surface area (Å²) in [5.41, 5.74) is 0.927. The Labute approximate surface area is 316 Å². The molecule has 4 saturated carbocycles. The van der Waals surface area contributed by atoms with Gasteiger partial charge in [0.05, 0.1) is 17.3 Å². The lowest BCUT2D eigenvalue weighted by Crippen LogP contribution is -2.67. The first kappa shape index (κ1) is 41.2. The van der Waals surface area contributed by atoms with Gasteiger partial charge in [0.1, 0.15) is 17.7 Å². The predicted octanol–water partition coefficient (Wildman–Crippen LogP) is 10.5. The molecule has 294 valence electrons. The van der Waals surface area contributed by atoms with E-state index in [4.69, 9.17) is 14.2 Å². The molecule has 4 fully saturated rings. The number of fused-ring (bicyclic) bond motifs is 5. The average Bonchev–Trinajstić information content (AvgIpc) is 3.31. The first-order valence-electron chi connectivity index (χ1n) is 19.7. The monoisotopic (exact) mass is 738 g/mol. The van der Waals surface area contributed by atoms with Crippen LogP contribution >= 0.6 is 0 Å². The third-order valence-corrected chi connectivity index (χ3v) is 14.6. The lowest BCUT2D eigenvalue weighted by atomic mass is 9.34. The van der Waals surface area contributed by atoms with E-state index in [0.717, 1.165) is 42.9 Å². The van der Waals surface area contributed by atoms with Gasteiger partial charge in [-0.15, -0.1) is 0 Å². The van der Waals surface area contributed by atoms with Crippen LogP contribution in [0.2, 0.25) is 0 Å². The Bertz CT molecular complexity index is 1650. The number of hydrogen-bond acceptors (Lipinski definition) is 6. The van der Waals surface area contributed by atoms with E-state index in [1.165, 1.54) is 12.1 Å². The van der Waals surface area contributed by atoms with Gasteiger partial charge in [0.25, 0.3) is 0 Å². The van der Waals surface area contributed by atoms with Crippen molar-refractivity contribution in [3.05, 3.63) is 70.5 Å². The highest BCUT2D eigenvalue weighted by Gasteiger charge is 2.72. The van der Waals surface area contributed by atoms with E-state index in [1.54, 1.807) is 20.8 Å². The van der Waals surface area contributed by atoms with E-state index in [1.807, 2.05) is 20.8 Å². The second-order valence-electron chi connectivity index (χ2n) is 19.1. The van der Waals surface area contributed by atoms with Gasteiger partial charge in [-0.05, 0) is 162 Å². The maximum absolute atomic E-state index is 14.8. The maximum atomic E-state index is 14.8. The molecule has 0 spiro atoms. The average molecular weight is 739 g/mol. The van der Waals surface area contributed by atoms with Crippen molar-refractivity contribution in [2.24, 2.45) is 45.3 Å². The van der Waals surface area contributed by atoms with Crippen molar-refractivity contribution in [3.63, 3.8) is 0 Å². The summed E-state index contributed by atoms with van der Waals surface area (Å²) in [6.45, 7) is 26.1. The molecule has 0 amide bonds. The lowest BCUT2D eigenvalue weighted by molar-refractivity contribution is -0.233. The van der Waals surface area contributed by atoms with Crippen LogP contribution < -0.4 is 0 Å². The molecule has 1 N–H and O–H groups in total. The van der Waals surface area contributed by atoms with Crippen molar-refractivity contribution >= 4 is 11.9 Å². The van der Waals surface area contributed by atoms with E-state index >= 15 is 0 Å². The summed E-state index contributed by atoms with van der Waals surface area (Å²) in [6.07, 6.45) is 6.52. The molecule has 8 heteroatoms. The summed E-state index contributed by atoms with van der Waals surface area (Å²) in [7, 11) is 0. The zero-order chi connectivity index (χ0) is 39.5. The minimum atomic E-state index is -0.744. The molecule has 0 radical (unpaired) electrons. The Hall–Kier alpha value is -3.00. The highest BCUT2D eigenvalue weighted by molar-refractivity contribution is 5.90. The van der Waals surface area contributed by atoms with Gasteiger partial charge in [0, 0.05) is 11.6 Å². The summed E-state index contributed by atoms with van der Waals surface area (Å²) < 4.78 is 47.1. The SMILES string of the molecule is C=C(C)OC1C[C@@]2(C)[C@@H](C[C@@H](O)[C@H]3[C@@]4(C)CC[C@@H](C)[C@](C)(c5cc(F)cc(F)c5)[C@H]4CC[C@@]32C)/C1=C(\CCC=C(C)C)C(=O)OCOC(=O)C(C)(C)C. The summed E-state index contributed by atoms with van der Waals surface area (Å²) >= 11 is 0. The van der Waals surface area contributed by atoms with Crippen LogP contribution in [0.25, 0.3) is 0 Å². The molecule has 0 heterocycles. The van der Waals surface area contributed by atoms with Crippen molar-refractivity contribution in [3.8, 4) is 0 Å². The first-order chi connectivity index (χ1) is 24.5. The van der Waals surface area contributed by atoms with Gasteiger partial charge in [-0.25, -0.2) is 13.6 Å². The fourth-order valence-electron chi connectivity index (χ4n) is 11.9. The molecular weight excluding hydrogens is 674 g/mol. The number of carbonyl (C=O) groups is 2. The zero-order valence-corrected chi connectivity index (χ0v) is 34.1. The Kier molecular flexibility index (Phi) is 11.3. The number of halogens is 2. The van der Waals surface area contributed by atoms with E-state index in [2.05, 4.69) is 47.3 Å². The Morgan fingerprint density at radius 1 is 0.981 bits per heavy atom. The Balaban J connectivity index is 1.59. The number of aliphatic hydroxyl groups is 1. The quantitative estimate of drug-likeness (QED) is 0.0893. The van der Waals surface area contributed by atoms with Crippen molar-refractivity contribution in [1.82, 2.24) is 0 Å². The molecule has 1 aromatic rings. The Morgan fingerprint density at radius 2 is 1.62 bits per heavy atom. The van der Waals surface area contributed by atoms with Gasteiger partial charge in [-0.2, -0.15) is 0 Å². The van der Waals surface area contributed by atoms with Crippen LogP contribution in [0.1, 0.15) is 133 Å². The number of allylic oxidation sites excluding steroid dienone is 3. The number of benzene rings is 1. The van der Waals surface area contributed by atoms with Crippen LogP contribution in [0.5, 0.6) is 0 Å². The van der Waals surface area contributed by atoms with Gasteiger partial charge in [0.2, 0.25) is 6.79 Å². The van der Waals surface area contributed by atoms with E-state index in [9.17, 15) is 23.5 Å². The minimum absolute atomic E-state index is 0.0945. The van der Waals surface area contributed by atoms with Gasteiger partial charge in [-0.3, -0.25) is 4.79 Å². The molecular formula is C45H64F2O6. The fraction of sp³-hybridized carbons (Fsp3) is 0.689. The second kappa shape index (κ2) is 14.6. The number of rotatable bonds is 9. The summed E-state index contributed by atoms with van der Waals surface area (Å²) in [5, 5.41) is 12.6. The molecule has 10 atom stereocenters. The zero-order valence-electron chi connectivity index (χ0n) is 34.1. The largest absolute Gasteiger partial charge is 0.491 e. The Morgan fingerprint density at radius 3 is 2.21 bits per heavy atom. The lowest BCUT2D eigenvalue weighted by Gasteiger charge is -2.71. The van der Waals surface area contributed by atoms with Crippen molar-refractivity contribution < 1.29 is 37.7 Å². The summed E-state index contributed by atoms with van der Waals surface area (Å²) in [5.74, 6) is -1.56. The van der Waals surface area contributed by atoms with Crippen molar-refractivity contribution in [2.45, 2.75) is 145 Å². The van der Waals surface area contributed by atoms with Gasteiger partial charge < -0.3 is 19.3 Å². The van der Waals surface area contributed by atoms with Crippen molar-refractivity contribution in [2.75, 3.05) is 6.79 Å². The number of aliphatic hydroxyl groups excluding tert-OH is 1. The van der Waals surface area contributed by atoms with Gasteiger partial charge in [0.15, 0.2) is 0 Å². The van der Waals surface area contributed by atoms with E-state index in [0.29, 0.717) is 42.6 Å². The molecule has 0 saturated heterocycles. The third-order valence-electron chi connectivity index (χ3n) is 14.6. The standard InChI is InChI=1S/C45H64F2O6/c1-26(2)14-13-15-32(39(49)51-25-52-40(50)41(6,7)8)37-33-23-34(48)38-42(9)18-16-28(5)45(12,29-20-30(46)22-31(47)21-29)36(42)17-19-43(38,10)44(33,11)24-35(37)53-27(3)4/h14,20-22,28,33-36,38,48H,3,13,15-19,23-25H2,1-2,4-12H3/b37-32-/t28-,33+,34-,35?,36+,38+,42+,43+,44+,45-/m1/s1. The molecule has 0 bridgehead atoms. The van der Waals surface area contributed by atoms with E-state index < -0.39 is 53.4 Å². The van der Waals surface area contributed by atoms with Crippen LogP contribution in [0.3, 0.4) is 0 Å². The highest BCUT2D eigenvalue weighted by atomic mass is 19.1. The van der Waals surface area contributed by atoms with Crippen LogP contribution in [-0.2, 0) is 29.2 Å². The highest BCUT2D eigenvalue weighted by Crippen LogP contribution is 2.76. The molecule has 0 aliphatic heterocycles. The van der Waals surface area contributed by atoms with Crippen molar-refractivity contribution in [1.29, 1.82) is 0 Å². The first-order valence-corrected chi connectivity index (χ1v) is 19.7. The van der Waals surface area contributed by atoms with Gasteiger partial charge in [-0.1, -0.05) is 52.8 Å². The maximum Gasteiger partial charge on any atom is 0.336 e. The number of hydrogen-bond donors (Lipinski definition) is 1. The number of carbonyl (C=O) groups excluding carboxylic acids is 2. The second-order valence-corrected chi connectivity index (χ2v) is 19.1. The molecule has 53 heavy (non-hydrogen) atoms. The smallest absolute Gasteiger partial charge is 0.336 e. The number of ether oxygens (including phenoxy) is 3. The molecule has 4 aliphatic rings. The molecule has 6 nitrogen and oxygen atoms in total. The van der Waals surface area contributed by atoms with Crippen LogP contribution in [0.15, 0.2) is 53.3 Å². The van der Waals surface area contributed by atoms with Crippen LogP contribution in [0, 0.1) is 57.0 Å². The molecule has 4 aliphatic carbocycles. The van der Waals surface area contributed by atoms with Gasteiger partial charge >= 0.3 is 11.9 Å². The van der Waals surface area contributed by atoms with Crippen LogP contribution in [-0.4, -0.2) is 36.0 Å². The molecule has 0 aromatic heterocycles. The normalized spacial score (nSPS) is 37.4. The summed E-state index contributed by atoms with van der Waals surface area (Å²) in [4.78, 5) is 26.6. The van der Waals surface area contributed by atoms with Crippen LogP contribution in [0.4, 0.5) is 8.78 Å². The molecule has 1 unspecified atom stereocenters. The topological polar surface area (TPSA) is 82.1 Å². The van der Waals surface area contributed by atoms with E-state index in [-0.39, 0.29) is 39.9 Å². The molecule has 1 aromatic carbocycles. The predicted molar refractivity (Wildman–Crippen MR) is 203 cm³/mol.